The minimum Gasteiger partial charge on any atom is -0.250 e. The molecule has 0 saturated heterocycles. The molecule has 0 aliphatic heterocycles. The van der Waals surface area contributed by atoms with E-state index in [0.29, 0.717) is 0 Å². The predicted molar refractivity (Wildman–Crippen MR) is 74.4 cm³/mol. The van der Waals surface area contributed by atoms with Crippen molar-refractivity contribution in [3.05, 3.63) is 59.8 Å². The van der Waals surface area contributed by atoms with Crippen LogP contribution >= 0.6 is 11.8 Å². The van der Waals surface area contributed by atoms with Gasteiger partial charge in [-0.15, -0.1) is 0 Å². The van der Waals surface area contributed by atoms with E-state index in [-0.39, 0.29) is 5.25 Å². The zero-order chi connectivity index (χ0) is 12.8. The van der Waals surface area contributed by atoms with Crippen molar-refractivity contribution in [3.63, 3.8) is 0 Å². The molecule has 1 aromatic heterocycles. The number of thioether (sulfide) groups is 1. The van der Waals surface area contributed by atoms with Crippen molar-refractivity contribution in [2.45, 2.75) is 23.6 Å². The normalized spacial score (nSPS) is 11.8. The highest BCUT2D eigenvalue weighted by molar-refractivity contribution is 8.00. The molecule has 0 bridgehead atoms. The second kappa shape index (κ2) is 6.23. The van der Waals surface area contributed by atoms with Crippen LogP contribution in [0.5, 0.6) is 0 Å². The van der Waals surface area contributed by atoms with Gasteiger partial charge in [-0.1, -0.05) is 47.7 Å². The maximum atomic E-state index is 9.20. The Bertz CT molecular complexity index is 529. The molecule has 0 radical (unpaired) electrons. The van der Waals surface area contributed by atoms with Crippen molar-refractivity contribution in [2.75, 3.05) is 0 Å². The lowest BCUT2D eigenvalue weighted by molar-refractivity contribution is 1.01. The van der Waals surface area contributed by atoms with Crippen LogP contribution in [0.1, 0.15) is 11.1 Å². The number of nitriles is 1. The maximum Gasteiger partial charge on any atom is 0.102 e. The average molecular weight is 254 g/mol. The van der Waals surface area contributed by atoms with Gasteiger partial charge in [-0.25, -0.2) is 4.98 Å². The highest BCUT2D eigenvalue weighted by Crippen LogP contribution is 2.23. The summed E-state index contributed by atoms with van der Waals surface area (Å²) in [5.74, 6) is 0. The first-order valence-corrected chi connectivity index (χ1v) is 6.69. The molecule has 3 heteroatoms. The van der Waals surface area contributed by atoms with Crippen molar-refractivity contribution in [1.29, 1.82) is 5.26 Å². The molecular weight excluding hydrogens is 240 g/mol. The minimum atomic E-state index is -0.0948. The monoisotopic (exact) mass is 254 g/mol. The van der Waals surface area contributed by atoms with Crippen LogP contribution in [0.3, 0.4) is 0 Å². The summed E-state index contributed by atoms with van der Waals surface area (Å²) in [5.41, 5.74) is 2.43. The Labute approximate surface area is 112 Å². The second-order valence-electron chi connectivity index (χ2n) is 4.09. The van der Waals surface area contributed by atoms with Crippen LogP contribution in [0.2, 0.25) is 0 Å². The Hall–Kier alpha value is -1.79. The highest BCUT2D eigenvalue weighted by atomic mass is 32.2. The molecule has 0 aliphatic rings. The number of aryl methyl sites for hydroxylation is 1. The Kier molecular flexibility index (Phi) is 4.38. The molecule has 0 fully saturated rings. The Morgan fingerprint density at radius 2 is 2.00 bits per heavy atom. The van der Waals surface area contributed by atoms with Gasteiger partial charge >= 0.3 is 0 Å². The first kappa shape index (κ1) is 12.7. The summed E-state index contributed by atoms with van der Waals surface area (Å²) in [6.07, 6.45) is 2.50. The van der Waals surface area contributed by atoms with E-state index in [9.17, 15) is 5.26 Å². The maximum absolute atomic E-state index is 9.20. The number of benzene rings is 1. The van der Waals surface area contributed by atoms with E-state index in [1.807, 2.05) is 18.2 Å². The summed E-state index contributed by atoms with van der Waals surface area (Å²) >= 11 is 1.52. The molecule has 0 unspecified atom stereocenters. The van der Waals surface area contributed by atoms with Crippen molar-refractivity contribution in [3.8, 4) is 6.07 Å². The predicted octanol–water partition coefficient (Wildman–Crippen LogP) is 3.62. The quantitative estimate of drug-likeness (QED) is 0.782. The van der Waals surface area contributed by atoms with E-state index in [4.69, 9.17) is 0 Å². The van der Waals surface area contributed by atoms with Crippen molar-refractivity contribution < 1.29 is 0 Å². The van der Waals surface area contributed by atoms with Gasteiger partial charge in [0.2, 0.25) is 0 Å². The Morgan fingerprint density at radius 1 is 1.22 bits per heavy atom. The van der Waals surface area contributed by atoms with Gasteiger partial charge in [0.1, 0.15) is 5.25 Å². The molecular formula is C15H14N2S. The summed E-state index contributed by atoms with van der Waals surface area (Å²) in [4.78, 5) is 4.23. The van der Waals surface area contributed by atoms with Crippen LogP contribution in [0, 0.1) is 18.3 Å². The molecule has 2 rings (SSSR count). The first-order valence-electron chi connectivity index (χ1n) is 5.81. The number of rotatable bonds is 4. The van der Waals surface area contributed by atoms with Gasteiger partial charge in [-0.2, -0.15) is 5.26 Å². The smallest absolute Gasteiger partial charge is 0.102 e. The number of aromatic nitrogens is 1. The molecule has 0 N–H and O–H groups in total. The van der Waals surface area contributed by atoms with Crippen LogP contribution < -0.4 is 0 Å². The summed E-state index contributed by atoms with van der Waals surface area (Å²) in [7, 11) is 0. The summed E-state index contributed by atoms with van der Waals surface area (Å²) < 4.78 is 0. The topological polar surface area (TPSA) is 36.7 Å². The van der Waals surface area contributed by atoms with Crippen molar-refractivity contribution in [2.24, 2.45) is 0 Å². The fraction of sp³-hybridized carbons (Fsp3) is 0.200. The second-order valence-corrected chi connectivity index (χ2v) is 5.32. The van der Waals surface area contributed by atoms with Crippen LogP contribution in [0.15, 0.2) is 53.7 Å². The zero-order valence-corrected chi connectivity index (χ0v) is 11.0. The largest absolute Gasteiger partial charge is 0.250 e. The standard InChI is InChI=1S/C15H14N2S/c1-12-5-7-13(8-6-12)10-14(11-16)18-15-4-2-3-9-17-15/h2-9,14H,10H2,1H3/t14-/m0/s1. The van der Waals surface area contributed by atoms with E-state index in [2.05, 4.69) is 42.2 Å². The van der Waals surface area contributed by atoms with E-state index in [1.54, 1.807) is 6.20 Å². The summed E-state index contributed by atoms with van der Waals surface area (Å²) in [5, 5.41) is 10.0. The van der Waals surface area contributed by atoms with Crippen molar-refractivity contribution >= 4 is 11.8 Å². The third-order valence-corrected chi connectivity index (χ3v) is 3.63. The summed E-state index contributed by atoms with van der Waals surface area (Å²) in [6, 6.07) is 16.4. The van der Waals surface area contributed by atoms with Gasteiger partial charge in [0.15, 0.2) is 0 Å². The number of pyridine rings is 1. The molecule has 0 saturated carbocycles. The van der Waals surface area contributed by atoms with E-state index in [1.165, 1.54) is 22.9 Å². The molecule has 18 heavy (non-hydrogen) atoms. The molecule has 0 spiro atoms. The van der Waals surface area contributed by atoms with Crippen molar-refractivity contribution in [1.82, 2.24) is 4.98 Å². The number of nitrogens with zero attached hydrogens (tertiary/aromatic N) is 2. The third kappa shape index (κ3) is 3.61. The summed E-state index contributed by atoms with van der Waals surface area (Å²) in [6.45, 7) is 2.06. The van der Waals surface area contributed by atoms with Gasteiger partial charge in [0.05, 0.1) is 11.1 Å². The number of hydrogen-bond acceptors (Lipinski definition) is 3. The van der Waals surface area contributed by atoms with Crippen LogP contribution in [0.4, 0.5) is 0 Å². The SMILES string of the molecule is Cc1ccc(C[C@@H](C#N)Sc2ccccn2)cc1. The minimum absolute atomic E-state index is 0.0948. The van der Waals surface area contributed by atoms with E-state index >= 15 is 0 Å². The zero-order valence-electron chi connectivity index (χ0n) is 10.2. The lowest BCUT2D eigenvalue weighted by Crippen LogP contribution is -2.04. The van der Waals surface area contributed by atoms with Gasteiger partial charge in [0, 0.05) is 6.20 Å². The molecule has 0 aliphatic carbocycles. The van der Waals surface area contributed by atoms with Gasteiger partial charge in [-0.05, 0) is 31.0 Å². The third-order valence-electron chi connectivity index (χ3n) is 2.59. The van der Waals surface area contributed by atoms with E-state index < -0.39 is 0 Å². The molecule has 2 aromatic rings. The Balaban J connectivity index is 2.02. The van der Waals surface area contributed by atoms with Crippen LogP contribution in [-0.2, 0) is 6.42 Å². The molecule has 1 atom stereocenters. The van der Waals surface area contributed by atoms with Gasteiger partial charge < -0.3 is 0 Å². The fourth-order valence-corrected chi connectivity index (χ4v) is 2.51. The molecule has 0 amide bonds. The fourth-order valence-electron chi connectivity index (χ4n) is 1.61. The lowest BCUT2D eigenvalue weighted by Gasteiger charge is -2.08. The molecule has 1 aromatic carbocycles. The first-order chi connectivity index (χ1) is 8.78. The molecule has 90 valence electrons. The van der Waals surface area contributed by atoms with Crippen LogP contribution in [-0.4, -0.2) is 10.2 Å². The lowest BCUT2D eigenvalue weighted by atomic mass is 10.1. The van der Waals surface area contributed by atoms with E-state index in [0.717, 1.165) is 11.4 Å². The number of hydrogen-bond donors (Lipinski definition) is 0. The van der Waals surface area contributed by atoms with Crippen LogP contribution in [0.25, 0.3) is 0 Å². The molecule has 1 heterocycles. The molecule has 2 nitrogen and oxygen atoms in total. The highest BCUT2D eigenvalue weighted by Gasteiger charge is 2.10. The van der Waals surface area contributed by atoms with Gasteiger partial charge in [-0.3, -0.25) is 0 Å². The Morgan fingerprint density at radius 3 is 2.61 bits per heavy atom. The average Bonchev–Trinajstić information content (AvgIpc) is 2.41. The van der Waals surface area contributed by atoms with Gasteiger partial charge in [0.25, 0.3) is 0 Å².